The second-order valence-electron chi connectivity index (χ2n) is 4.06. The van der Waals surface area contributed by atoms with Gasteiger partial charge in [-0.05, 0) is 36.4 Å². The van der Waals surface area contributed by atoms with E-state index in [1.807, 2.05) is 24.3 Å². The van der Waals surface area contributed by atoms with Gasteiger partial charge in [-0.1, -0.05) is 17.7 Å². The lowest BCUT2D eigenvalue weighted by molar-refractivity contribution is 1.31. The largest absolute Gasteiger partial charge is 0.326 e. The van der Waals surface area contributed by atoms with Crippen LogP contribution in [0.25, 0.3) is 11.0 Å². The molecule has 0 amide bonds. The highest BCUT2D eigenvalue weighted by Gasteiger charge is 2.03. The number of nitriles is 1. The molecule has 2 N–H and O–H groups in total. The minimum Gasteiger partial charge on any atom is -0.326 e. The van der Waals surface area contributed by atoms with Crippen LogP contribution in [0.4, 0.5) is 11.6 Å². The number of imidazole rings is 1. The number of rotatable bonds is 2. The Bertz CT molecular complexity index is 785. The molecule has 92 valence electrons. The molecular formula is C14H9ClN4. The first-order chi connectivity index (χ1) is 9.24. The zero-order valence-corrected chi connectivity index (χ0v) is 10.6. The van der Waals surface area contributed by atoms with Crippen LogP contribution in [0.2, 0.25) is 5.02 Å². The molecule has 1 heterocycles. The van der Waals surface area contributed by atoms with Crippen LogP contribution in [0.5, 0.6) is 0 Å². The van der Waals surface area contributed by atoms with Gasteiger partial charge in [0.1, 0.15) is 0 Å². The van der Waals surface area contributed by atoms with Crippen LogP contribution in [-0.2, 0) is 0 Å². The van der Waals surface area contributed by atoms with Crippen molar-refractivity contribution in [3.8, 4) is 6.07 Å². The molecule has 0 unspecified atom stereocenters. The van der Waals surface area contributed by atoms with Crippen molar-refractivity contribution in [3.05, 3.63) is 53.1 Å². The van der Waals surface area contributed by atoms with Gasteiger partial charge in [0.05, 0.1) is 22.7 Å². The van der Waals surface area contributed by atoms with E-state index >= 15 is 0 Å². The van der Waals surface area contributed by atoms with Crippen molar-refractivity contribution >= 4 is 34.3 Å². The number of nitrogens with one attached hydrogen (secondary N) is 2. The van der Waals surface area contributed by atoms with Crippen LogP contribution >= 0.6 is 11.6 Å². The van der Waals surface area contributed by atoms with E-state index in [0.29, 0.717) is 16.5 Å². The summed E-state index contributed by atoms with van der Waals surface area (Å²) in [6, 6.07) is 14.8. The Hall–Kier alpha value is -2.51. The SMILES string of the molecule is N#Cc1cccc(Nc2nc3ccc(Cl)cc3[nH]2)c1. The first-order valence-corrected chi connectivity index (χ1v) is 6.05. The summed E-state index contributed by atoms with van der Waals surface area (Å²) in [7, 11) is 0. The predicted octanol–water partition coefficient (Wildman–Crippen LogP) is 3.83. The topological polar surface area (TPSA) is 64.5 Å². The molecule has 2 aromatic carbocycles. The average Bonchev–Trinajstić information content (AvgIpc) is 2.80. The lowest BCUT2D eigenvalue weighted by Gasteiger charge is -2.01. The van der Waals surface area contributed by atoms with Gasteiger partial charge >= 0.3 is 0 Å². The number of aromatic amines is 1. The van der Waals surface area contributed by atoms with Crippen LogP contribution in [0.1, 0.15) is 5.56 Å². The number of benzene rings is 2. The summed E-state index contributed by atoms with van der Waals surface area (Å²) in [5.41, 5.74) is 3.11. The maximum Gasteiger partial charge on any atom is 0.205 e. The summed E-state index contributed by atoms with van der Waals surface area (Å²) in [6.45, 7) is 0. The molecule has 0 saturated carbocycles. The fourth-order valence-electron chi connectivity index (χ4n) is 1.84. The Kier molecular flexibility index (Phi) is 2.82. The number of aromatic nitrogens is 2. The molecule has 1 aromatic heterocycles. The minimum absolute atomic E-state index is 0.601. The zero-order valence-electron chi connectivity index (χ0n) is 9.81. The molecule has 19 heavy (non-hydrogen) atoms. The molecule has 4 nitrogen and oxygen atoms in total. The third kappa shape index (κ3) is 2.37. The zero-order chi connectivity index (χ0) is 13.2. The number of nitrogens with zero attached hydrogens (tertiary/aromatic N) is 2. The molecule has 0 aliphatic carbocycles. The summed E-state index contributed by atoms with van der Waals surface area (Å²) in [5, 5.41) is 12.6. The molecule has 0 bridgehead atoms. The quantitative estimate of drug-likeness (QED) is 0.742. The van der Waals surface area contributed by atoms with Gasteiger partial charge in [0.25, 0.3) is 0 Å². The fourth-order valence-corrected chi connectivity index (χ4v) is 2.02. The molecule has 0 fully saturated rings. The molecular weight excluding hydrogens is 260 g/mol. The Morgan fingerprint density at radius 3 is 2.95 bits per heavy atom. The molecule has 0 spiro atoms. The van der Waals surface area contributed by atoms with Gasteiger partial charge in [0.15, 0.2) is 0 Å². The first kappa shape index (κ1) is 11.6. The third-order valence-corrected chi connectivity index (χ3v) is 2.93. The summed E-state index contributed by atoms with van der Waals surface area (Å²) in [6.07, 6.45) is 0. The third-order valence-electron chi connectivity index (χ3n) is 2.70. The molecule has 3 rings (SSSR count). The number of hydrogen-bond donors (Lipinski definition) is 2. The Morgan fingerprint density at radius 2 is 2.11 bits per heavy atom. The molecule has 5 heteroatoms. The fraction of sp³-hybridized carbons (Fsp3) is 0. The van der Waals surface area contributed by atoms with E-state index in [-0.39, 0.29) is 0 Å². The van der Waals surface area contributed by atoms with Crippen LogP contribution < -0.4 is 5.32 Å². The van der Waals surface area contributed by atoms with E-state index in [9.17, 15) is 0 Å². The number of H-pyrrole nitrogens is 1. The highest BCUT2D eigenvalue weighted by Crippen LogP contribution is 2.21. The predicted molar refractivity (Wildman–Crippen MR) is 75.5 cm³/mol. The molecule has 0 saturated heterocycles. The monoisotopic (exact) mass is 268 g/mol. The Morgan fingerprint density at radius 1 is 1.21 bits per heavy atom. The van der Waals surface area contributed by atoms with Crippen molar-refractivity contribution in [2.24, 2.45) is 0 Å². The van der Waals surface area contributed by atoms with Crippen LogP contribution in [0, 0.1) is 11.3 Å². The van der Waals surface area contributed by atoms with Gasteiger partial charge in [-0.3, -0.25) is 0 Å². The lowest BCUT2D eigenvalue weighted by Crippen LogP contribution is -1.92. The van der Waals surface area contributed by atoms with Crippen LogP contribution in [0.15, 0.2) is 42.5 Å². The summed E-state index contributed by atoms with van der Waals surface area (Å²) in [4.78, 5) is 7.53. The minimum atomic E-state index is 0.601. The molecule has 3 aromatic rings. The Balaban J connectivity index is 1.94. The van der Waals surface area contributed by atoms with Crippen molar-refractivity contribution in [3.63, 3.8) is 0 Å². The molecule has 0 aliphatic rings. The summed E-state index contributed by atoms with van der Waals surface area (Å²) in [5.74, 6) is 0.618. The molecule has 0 atom stereocenters. The van der Waals surface area contributed by atoms with Crippen molar-refractivity contribution in [2.75, 3.05) is 5.32 Å². The van der Waals surface area contributed by atoms with Gasteiger partial charge in [0.2, 0.25) is 5.95 Å². The second-order valence-corrected chi connectivity index (χ2v) is 4.50. The first-order valence-electron chi connectivity index (χ1n) is 5.67. The smallest absolute Gasteiger partial charge is 0.205 e. The van der Waals surface area contributed by atoms with Crippen LogP contribution in [-0.4, -0.2) is 9.97 Å². The van der Waals surface area contributed by atoms with Crippen molar-refractivity contribution < 1.29 is 0 Å². The van der Waals surface area contributed by atoms with Crippen LogP contribution in [0.3, 0.4) is 0 Å². The molecule has 0 radical (unpaired) electrons. The van der Waals surface area contributed by atoms with E-state index in [1.165, 1.54) is 0 Å². The summed E-state index contributed by atoms with van der Waals surface area (Å²) >= 11 is 5.92. The lowest BCUT2D eigenvalue weighted by atomic mass is 10.2. The number of halogens is 1. The van der Waals surface area contributed by atoms with Gasteiger partial charge < -0.3 is 10.3 Å². The maximum atomic E-state index is 8.86. The number of fused-ring (bicyclic) bond motifs is 1. The van der Waals surface area contributed by atoms with Gasteiger partial charge in [-0.15, -0.1) is 0 Å². The summed E-state index contributed by atoms with van der Waals surface area (Å²) < 4.78 is 0. The normalized spacial score (nSPS) is 10.3. The van der Waals surface area contributed by atoms with E-state index in [0.717, 1.165) is 16.7 Å². The second kappa shape index (κ2) is 4.63. The standard InChI is InChI=1S/C14H9ClN4/c15-10-4-5-12-13(7-10)19-14(18-12)17-11-3-1-2-9(6-11)8-16/h1-7H,(H2,17,18,19). The van der Waals surface area contributed by atoms with Gasteiger partial charge in [-0.2, -0.15) is 5.26 Å². The highest BCUT2D eigenvalue weighted by atomic mass is 35.5. The maximum absolute atomic E-state index is 8.86. The molecule has 0 aliphatic heterocycles. The van der Waals surface area contributed by atoms with E-state index in [1.54, 1.807) is 18.2 Å². The number of hydrogen-bond acceptors (Lipinski definition) is 3. The van der Waals surface area contributed by atoms with Crippen molar-refractivity contribution in [2.45, 2.75) is 0 Å². The van der Waals surface area contributed by atoms with Gasteiger partial charge in [-0.25, -0.2) is 4.98 Å². The Labute approximate surface area is 114 Å². The van der Waals surface area contributed by atoms with Crippen molar-refractivity contribution in [1.82, 2.24) is 9.97 Å². The van der Waals surface area contributed by atoms with Gasteiger partial charge in [0, 0.05) is 10.7 Å². The van der Waals surface area contributed by atoms with E-state index < -0.39 is 0 Å². The van der Waals surface area contributed by atoms with E-state index in [4.69, 9.17) is 16.9 Å². The van der Waals surface area contributed by atoms with Crippen molar-refractivity contribution in [1.29, 1.82) is 5.26 Å². The highest BCUT2D eigenvalue weighted by molar-refractivity contribution is 6.31. The van der Waals surface area contributed by atoms with E-state index in [2.05, 4.69) is 21.4 Å². The number of anilines is 2. The average molecular weight is 269 g/mol.